The monoisotopic (exact) mass is 454 g/mol. The van der Waals surface area contributed by atoms with Crippen molar-refractivity contribution < 1.29 is 24.2 Å². The number of benzene rings is 1. The topological polar surface area (TPSA) is 125 Å². The van der Waals surface area contributed by atoms with Gasteiger partial charge >= 0.3 is 0 Å². The third-order valence-electron chi connectivity index (χ3n) is 5.59. The van der Waals surface area contributed by atoms with Gasteiger partial charge in [-0.15, -0.1) is 0 Å². The predicted octanol–water partition coefficient (Wildman–Crippen LogP) is 1.82. The molecular formula is C22H26N6O5. The molecule has 1 aliphatic carbocycles. The van der Waals surface area contributed by atoms with Crippen molar-refractivity contribution in [2.24, 2.45) is 7.05 Å². The largest absolute Gasteiger partial charge is 0.497 e. The Morgan fingerprint density at radius 1 is 1.24 bits per heavy atom. The zero-order valence-corrected chi connectivity index (χ0v) is 18.7. The molecule has 1 aromatic carbocycles. The van der Waals surface area contributed by atoms with Gasteiger partial charge in [0.05, 0.1) is 25.5 Å². The second kappa shape index (κ2) is 9.41. The molecule has 2 aromatic heterocycles. The molecule has 1 saturated heterocycles. The first kappa shape index (κ1) is 22.5. The van der Waals surface area contributed by atoms with E-state index < -0.39 is 6.10 Å². The Hall–Kier alpha value is -3.73. The smallest absolute Gasteiger partial charge is 0.290 e. The number of nitrogens with zero attached hydrogens (tertiary/aromatic N) is 6. The van der Waals surface area contributed by atoms with E-state index in [1.807, 2.05) is 49.3 Å². The molecule has 1 saturated carbocycles. The fourth-order valence-corrected chi connectivity index (χ4v) is 4.09. The maximum atomic E-state index is 12.8. The summed E-state index contributed by atoms with van der Waals surface area (Å²) < 4.78 is 14.9. The average molecular weight is 454 g/mol. The van der Waals surface area contributed by atoms with Crippen LogP contribution in [0.2, 0.25) is 0 Å². The lowest BCUT2D eigenvalue weighted by atomic mass is 9.96. The van der Waals surface area contributed by atoms with Crippen LogP contribution in [0.15, 0.2) is 36.7 Å². The van der Waals surface area contributed by atoms with Crippen LogP contribution in [0.25, 0.3) is 5.69 Å². The van der Waals surface area contributed by atoms with Crippen molar-refractivity contribution in [2.45, 2.75) is 38.0 Å². The molecule has 2 atom stereocenters. The molecule has 1 amide bonds. The number of rotatable bonds is 5. The third-order valence-corrected chi connectivity index (χ3v) is 5.59. The Labute approximate surface area is 190 Å². The molecule has 2 fully saturated rings. The van der Waals surface area contributed by atoms with Gasteiger partial charge in [-0.3, -0.25) is 14.3 Å². The van der Waals surface area contributed by atoms with Gasteiger partial charge in [-0.2, -0.15) is 10.2 Å². The SMILES string of the molecule is COc1ccc([C@@H]2[C@@H](c3nc(C)nn3-c3cnn(C)c3)OCC(=O)N2C2CC2)cc1.O=CO. The number of carbonyl (C=O) groups excluding carboxylic acids is 1. The van der Waals surface area contributed by atoms with Crippen molar-refractivity contribution in [3.05, 3.63) is 53.9 Å². The van der Waals surface area contributed by atoms with E-state index >= 15 is 0 Å². The fourth-order valence-electron chi connectivity index (χ4n) is 4.09. The first-order valence-corrected chi connectivity index (χ1v) is 10.5. The number of methoxy groups -OCH3 is 1. The van der Waals surface area contributed by atoms with Crippen LogP contribution in [0.4, 0.5) is 0 Å². The summed E-state index contributed by atoms with van der Waals surface area (Å²) in [6, 6.07) is 7.76. The predicted molar refractivity (Wildman–Crippen MR) is 116 cm³/mol. The third kappa shape index (κ3) is 4.58. The Balaban J connectivity index is 0.000000821. The van der Waals surface area contributed by atoms with E-state index in [0.717, 1.165) is 29.8 Å². The fraction of sp³-hybridized carbons (Fsp3) is 0.409. The van der Waals surface area contributed by atoms with E-state index in [1.54, 1.807) is 22.7 Å². The van der Waals surface area contributed by atoms with Crippen molar-refractivity contribution in [3.8, 4) is 11.4 Å². The minimum absolute atomic E-state index is 0.0127. The van der Waals surface area contributed by atoms with Gasteiger partial charge in [0.15, 0.2) is 5.82 Å². The second-order valence-electron chi connectivity index (χ2n) is 7.89. The number of carboxylic acid groups (broad SMARTS) is 1. The van der Waals surface area contributed by atoms with Crippen molar-refractivity contribution in [1.29, 1.82) is 0 Å². The lowest BCUT2D eigenvalue weighted by molar-refractivity contribution is -0.160. The molecule has 33 heavy (non-hydrogen) atoms. The lowest BCUT2D eigenvalue weighted by Crippen LogP contribution is -2.47. The van der Waals surface area contributed by atoms with Crippen LogP contribution in [0.1, 0.15) is 42.2 Å². The first-order valence-electron chi connectivity index (χ1n) is 10.5. The number of hydrogen-bond acceptors (Lipinski definition) is 7. The van der Waals surface area contributed by atoms with Gasteiger partial charge < -0.3 is 19.5 Å². The van der Waals surface area contributed by atoms with E-state index in [9.17, 15) is 4.79 Å². The number of ether oxygens (including phenoxy) is 2. The molecule has 11 heteroatoms. The summed E-state index contributed by atoms with van der Waals surface area (Å²) in [6.45, 7) is 1.64. The van der Waals surface area contributed by atoms with Gasteiger partial charge in [0.25, 0.3) is 6.47 Å². The van der Waals surface area contributed by atoms with E-state index in [4.69, 9.17) is 24.4 Å². The van der Waals surface area contributed by atoms with Crippen LogP contribution >= 0.6 is 0 Å². The molecule has 3 aromatic rings. The van der Waals surface area contributed by atoms with Gasteiger partial charge in [-0.05, 0) is 37.5 Å². The lowest BCUT2D eigenvalue weighted by Gasteiger charge is -2.41. The maximum Gasteiger partial charge on any atom is 0.290 e. The molecule has 1 N–H and O–H groups in total. The van der Waals surface area contributed by atoms with Crippen molar-refractivity contribution in [1.82, 2.24) is 29.4 Å². The molecule has 0 radical (unpaired) electrons. The number of morpholine rings is 1. The summed E-state index contributed by atoms with van der Waals surface area (Å²) in [6.07, 6.45) is 5.20. The minimum atomic E-state index is -0.446. The maximum absolute atomic E-state index is 12.8. The highest BCUT2D eigenvalue weighted by atomic mass is 16.5. The molecule has 0 bridgehead atoms. The van der Waals surface area contributed by atoms with Gasteiger partial charge in [-0.1, -0.05) is 12.1 Å². The van der Waals surface area contributed by atoms with Crippen molar-refractivity contribution in [3.63, 3.8) is 0 Å². The van der Waals surface area contributed by atoms with Crippen LogP contribution in [-0.2, 0) is 21.4 Å². The van der Waals surface area contributed by atoms with Crippen LogP contribution in [-0.4, -0.2) is 66.7 Å². The molecule has 1 aliphatic heterocycles. The summed E-state index contributed by atoms with van der Waals surface area (Å²) in [4.78, 5) is 27.9. The van der Waals surface area contributed by atoms with Crippen LogP contribution in [0.3, 0.4) is 0 Å². The molecule has 174 valence electrons. The highest BCUT2D eigenvalue weighted by molar-refractivity contribution is 5.79. The Kier molecular flexibility index (Phi) is 6.40. The quantitative estimate of drug-likeness (QED) is 0.579. The molecule has 2 aliphatic rings. The number of aryl methyl sites for hydroxylation is 2. The minimum Gasteiger partial charge on any atom is -0.497 e. The first-order chi connectivity index (χ1) is 16.0. The van der Waals surface area contributed by atoms with Crippen molar-refractivity contribution in [2.75, 3.05) is 13.7 Å². The zero-order valence-electron chi connectivity index (χ0n) is 18.7. The molecule has 0 unspecified atom stereocenters. The Bertz CT molecular complexity index is 1120. The molecular weight excluding hydrogens is 428 g/mol. The summed E-state index contributed by atoms with van der Waals surface area (Å²) in [5, 5.41) is 15.7. The molecule has 5 rings (SSSR count). The normalized spacial score (nSPS) is 20.2. The zero-order chi connectivity index (χ0) is 23.5. The molecule has 11 nitrogen and oxygen atoms in total. The summed E-state index contributed by atoms with van der Waals surface area (Å²) in [5.74, 6) is 2.09. The van der Waals surface area contributed by atoms with E-state index in [1.165, 1.54) is 0 Å². The summed E-state index contributed by atoms with van der Waals surface area (Å²) in [5.41, 5.74) is 1.79. The highest BCUT2D eigenvalue weighted by Gasteiger charge is 2.47. The van der Waals surface area contributed by atoms with Crippen LogP contribution < -0.4 is 4.74 Å². The van der Waals surface area contributed by atoms with E-state index in [0.29, 0.717) is 11.6 Å². The van der Waals surface area contributed by atoms with Crippen molar-refractivity contribution >= 4 is 12.4 Å². The Morgan fingerprint density at radius 2 is 1.94 bits per heavy atom. The van der Waals surface area contributed by atoms with E-state index in [2.05, 4.69) is 10.2 Å². The second-order valence-corrected chi connectivity index (χ2v) is 7.89. The number of hydrogen-bond donors (Lipinski definition) is 1. The average Bonchev–Trinajstić information content (AvgIpc) is 3.44. The number of aromatic nitrogens is 5. The Morgan fingerprint density at radius 3 is 2.52 bits per heavy atom. The number of carbonyl (C=O) groups is 2. The van der Waals surface area contributed by atoms with Gasteiger partial charge in [0.2, 0.25) is 5.91 Å². The highest BCUT2D eigenvalue weighted by Crippen LogP contribution is 2.45. The summed E-state index contributed by atoms with van der Waals surface area (Å²) >= 11 is 0. The molecule has 3 heterocycles. The number of amides is 1. The van der Waals surface area contributed by atoms with Gasteiger partial charge in [0, 0.05) is 13.1 Å². The van der Waals surface area contributed by atoms with E-state index in [-0.39, 0.29) is 31.1 Å². The standard InChI is InChI=1S/C21H24N6O3.CH2O2/c1-13-23-21(27(24-13)16-10-22-25(2)11-16)20-19(14-4-8-17(29-3)9-5-14)26(15-6-7-15)18(28)12-30-20;2-1-3/h4-5,8-11,15,19-20H,6-7,12H2,1-3H3;1H,(H,2,3)/t19-,20+;/m1./s1. The summed E-state index contributed by atoms with van der Waals surface area (Å²) in [7, 11) is 3.50. The van der Waals surface area contributed by atoms with Crippen LogP contribution in [0, 0.1) is 6.92 Å². The van der Waals surface area contributed by atoms with Gasteiger partial charge in [-0.25, -0.2) is 9.67 Å². The molecule has 0 spiro atoms. The van der Waals surface area contributed by atoms with Gasteiger partial charge in [0.1, 0.15) is 30.0 Å². The van der Waals surface area contributed by atoms with Crippen LogP contribution in [0.5, 0.6) is 5.75 Å².